The van der Waals surface area contributed by atoms with Crippen LogP contribution in [-0.4, -0.2) is 11.0 Å². The minimum atomic E-state index is -0.709. The van der Waals surface area contributed by atoms with Crippen LogP contribution in [0.25, 0.3) is 6.08 Å². The molecule has 4 nitrogen and oxygen atoms in total. The van der Waals surface area contributed by atoms with Gasteiger partial charge in [0.1, 0.15) is 5.75 Å². The van der Waals surface area contributed by atoms with Gasteiger partial charge in [-0.05, 0) is 54.5 Å². The Morgan fingerprint density at radius 2 is 1.85 bits per heavy atom. The van der Waals surface area contributed by atoms with E-state index in [1.165, 1.54) is 24.3 Å². The molecule has 136 valence electrons. The molecule has 0 aliphatic rings. The summed E-state index contributed by atoms with van der Waals surface area (Å²) in [5.41, 5.74) is 1.92. The van der Waals surface area contributed by atoms with E-state index in [1.807, 2.05) is 49.4 Å². The first kappa shape index (κ1) is 18.2. The van der Waals surface area contributed by atoms with Crippen molar-refractivity contribution in [3.05, 3.63) is 89.8 Å². The highest BCUT2D eigenvalue weighted by Gasteiger charge is 2.10. The van der Waals surface area contributed by atoms with E-state index < -0.39 is 11.6 Å². The fourth-order valence-corrected chi connectivity index (χ4v) is 2.47. The topological polar surface area (TPSA) is 58.6 Å². The molecule has 0 saturated heterocycles. The van der Waals surface area contributed by atoms with Crippen LogP contribution in [0.3, 0.4) is 0 Å². The SMILES string of the molecule is Cc1cccc(NC(=O)C=Cc2ccc(F)c(O)c2)c1Oc1ccccc1. The summed E-state index contributed by atoms with van der Waals surface area (Å²) in [6.45, 7) is 1.89. The molecule has 0 fully saturated rings. The van der Waals surface area contributed by atoms with E-state index in [4.69, 9.17) is 4.74 Å². The van der Waals surface area contributed by atoms with Gasteiger partial charge in [-0.3, -0.25) is 4.79 Å². The molecule has 1 amide bonds. The molecule has 0 unspecified atom stereocenters. The van der Waals surface area contributed by atoms with Crippen molar-refractivity contribution in [3.8, 4) is 17.2 Å². The van der Waals surface area contributed by atoms with Crippen molar-refractivity contribution in [3.63, 3.8) is 0 Å². The molecule has 0 atom stereocenters. The van der Waals surface area contributed by atoms with E-state index in [1.54, 1.807) is 6.07 Å². The number of para-hydroxylation sites is 2. The number of carbonyl (C=O) groups excluding carboxylic acids is 1. The summed E-state index contributed by atoms with van der Waals surface area (Å²) in [7, 11) is 0. The number of nitrogens with one attached hydrogen (secondary N) is 1. The third-order valence-corrected chi connectivity index (χ3v) is 3.83. The number of rotatable bonds is 5. The van der Waals surface area contributed by atoms with Gasteiger partial charge in [0.2, 0.25) is 5.91 Å². The second-order valence-corrected chi connectivity index (χ2v) is 5.90. The Kier molecular flexibility index (Phi) is 5.52. The van der Waals surface area contributed by atoms with Gasteiger partial charge in [0.05, 0.1) is 5.69 Å². The Morgan fingerprint density at radius 1 is 1.07 bits per heavy atom. The van der Waals surface area contributed by atoms with E-state index in [9.17, 15) is 14.3 Å². The van der Waals surface area contributed by atoms with Crippen LogP contribution in [0.4, 0.5) is 10.1 Å². The zero-order valence-corrected chi connectivity index (χ0v) is 14.6. The molecule has 3 rings (SSSR count). The summed E-state index contributed by atoms with van der Waals surface area (Å²) in [5, 5.41) is 12.2. The van der Waals surface area contributed by atoms with Gasteiger partial charge in [0, 0.05) is 6.08 Å². The number of amides is 1. The van der Waals surface area contributed by atoms with Crippen molar-refractivity contribution in [2.24, 2.45) is 0 Å². The van der Waals surface area contributed by atoms with Gasteiger partial charge in [-0.2, -0.15) is 0 Å². The molecule has 0 radical (unpaired) electrons. The first-order valence-corrected chi connectivity index (χ1v) is 8.33. The average molecular weight is 363 g/mol. The molecule has 0 aliphatic carbocycles. The third-order valence-electron chi connectivity index (χ3n) is 3.83. The first-order chi connectivity index (χ1) is 13.0. The molecule has 0 aromatic heterocycles. The van der Waals surface area contributed by atoms with Gasteiger partial charge in [0.15, 0.2) is 17.3 Å². The smallest absolute Gasteiger partial charge is 0.248 e. The molecule has 3 aromatic carbocycles. The number of carbonyl (C=O) groups is 1. The lowest BCUT2D eigenvalue weighted by molar-refractivity contribution is -0.111. The summed E-state index contributed by atoms with van der Waals surface area (Å²) in [5.74, 6) is -0.319. The lowest BCUT2D eigenvalue weighted by Gasteiger charge is -2.14. The average Bonchev–Trinajstić information content (AvgIpc) is 2.66. The van der Waals surface area contributed by atoms with Crippen LogP contribution in [0.2, 0.25) is 0 Å². The summed E-state index contributed by atoms with van der Waals surface area (Å²) in [6.07, 6.45) is 2.79. The van der Waals surface area contributed by atoms with Crippen LogP contribution in [0.1, 0.15) is 11.1 Å². The second-order valence-electron chi connectivity index (χ2n) is 5.90. The summed E-state index contributed by atoms with van der Waals surface area (Å²) >= 11 is 0. The van der Waals surface area contributed by atoms with E-state index in [-0.39, 0.29) is 5.91 Å². The predicted molar refractivity (Wildman–Crippen MR) is 103 cm³/mol. The standard InChI is InChI=1S/C22H18FNO3/c1-15-6-5-9-19(22(15)27-17-7-3-2-4-8-17)24-21(26)13-11-16-10-12-18(23)20(25)14-16/h2-14,25H,1H3,(H,24,26). The Hall–Kier alpha value is -3.60. The highest BCUT2D eigenvalue weighted by Crippen LogP contribution is 2.32. The van der Waals surface area contributed by atoms with E-state index in [0.29, 0.717) is 22.7 Å². The summed E-state index contributed by atoms with van der Waals surface area (Å²) in [4.78, 5) is 12.3. The van der Waals surface area contributed by atoms with Crippen LogP contribution < -0.4 is 10.1 Å². The molecule has 2 N–H and O–H groups in total. The maximum Gasteiger partial charge on any atom is 0.248 e. The number of halogens is 1. The third kappa shape index (κ3) is 4.73. The largest absolute Gasteiger partial charge is 0.505 e. The quantitative estimate of drug-likeness (QED) is 0.606. The fourth-order valence-electron chi connectivity index (χ4n) is 2.47. The van der Waals surface area contributed by atoms with Crippen molar-refractivity contribution >= 4 is 17.7 Å². The fraction of sp³-hybridized carbons (Fsp3) is 0.0455. The number of aryl methyl sites for hydroxylation is 1. The predicted octanol–water partition coefficient (Wildman–Crippen LogP) is 5.28. The van der Waals surface area contributed by atoms with Gasteiger partial charge >= 0.3 is 0 Å². The normalized spacial score (nSPS) is 10.7. The molecule has 27 heavy (non-hydrogen) atoms. The molecule has 0 spiro atoms. The summed E-state index contributed by atoms with van der Waals surface area (Å²) < 4.78 is 19.0. The summed E-state index contributed by atoms with van der Waals surface area (Å²) in [6, 6.07) is 18.6. The molecule has 0 bridgehead atoms. The van der Waals surface area contributed by atoms with E-state index >= 15 is 0 Å². The Labute approximate surface area is 156 Å². The molecule has 5 heteroatoms. The first-order valence-electron chi connectivity index (χ1n) is 8.33. The highest BCUT2D eigenvalue weighted by atomic mass is 19.1. The molecule has 0 heterocycles. The maximum atomic E-state index is 13.1. The van der Waals surface area contributed by atoms with Crippen molar-refractivity contribution in [1.29, 1.82) is 0 Å². The molecule has 3 aromatic rings. The molecular formula is C22H18FNO3. The van der Waals surface area contributed by atoms with Crippen LogP contribution in [0.5, 0.6) is 17.2 Å². The van der Waals surface area contributed by atoms with Crippen LogP contribution in [0, 0.1) is 12.7 Å². The molecule has 0 saturated carbocycles. The van der Waals surface area contributed by atoms with Crippen molar-refractivity contribution in [2.45, 2.75) is 6.92 Å². The lowest BCUT2D eigenvalue weighted by Crippen LogP contribution is -2.09. The van der Waals surface area contributed by atoms with Gasteiger partial charge in [-0.25, -0.2) is 4.39 Å². The number of benzene rings is 3. The van der Waals surface area contributed by atoms with Gasteiger partial charge in [-0.15, -0.1) is 0 Å². The van der Waals surface area contributed by atoms with Crippen LogP contribution >= 0.6 is 0 Å². The number of hydrogen-bond acceptors (Lipinski definition) is 3. The lowest BCUT2D eigenvalue weighted by atomic mass is 10.1. The molecular weight excluding hydrogens is 345 g/mol. The number of ether oxygens (including phenoxy) is 1. The zero-order chi connectivity index (χ0) is 19.2. The Bertz CT molecular complexity index is 984. The van der Waals surface area contributed by atoms with Crippen LogP contribution in [0.15, 0.2) is 72.8 Å². The van der Waals surface area contributed by atoms with Crippen molar-refractivity contribution in [2.75, 3.05) is 5.32 Å². The van der Waals surface area contributed by atoms with Gasteiger partial charge in [-0.1, -0.05) is 36.4 Å². The van der Waals surface area contributed by atoms with E-state index in [2.05, 4.69) is 5.32 Å². The van der Waals surface area contributed by atoms with Gasteiger partial charge in [0.25, 0.3) is 0 Å². The zero-order valence-electron chi connectivity index (χ0n) is 14.6. The monoisotopic (exact) mass is 363 g/mol. The van der Waals surface area contributed by atoms with Crippen molar-refractivity contribution in [1.82, 2.24) is 0 Å². The minimum absolute atomic E-state index is 0.373. The number of anilines is 1. The van der Waals surface area contributed by atoms with Crippen molar-refractivity contribution < 1.29 is 19.0 Å². The number of aromatic hydroxyl groups is 1. The Morgan fingerprint density at radius 3 is 2.59 bits per heavy atom. The molecule has 0 aliphatic heterocycles. The second kappa shape index (κ2) is 8.19. The maximum absolute atomic E-state index is 13.1. The Balaban J connectivity index is 1.76. The van der Waals surface area contributed by atoms with Crippen LogP contribution in [-0.2, 0) is 4.79 Å². The highest BCUT2D eigenvalue weighted by molar-refractivity contribution is 6.03. The number of phenols is 1. The number of hydrogen-bond donors (Lipinski definition) is 2. The number of phenolic OH excluding ortho intramolecular Hbond substituents is 1. The minimum Gasteiger partial charge on any atom is -0.505 e. The van der Waals surface area contributed by atoms with Gasteiger partial charge < -0.3 is 15.2 Å². The van der Waals surface area contributed by atoms with E-state index in [0.717, 1.165) is 11.6 Å².